The average molecular weight is 411 g/mol. The summed E-state index contributed by atoms with van der Waals surface area (Å²) in [6.07, 6.45) is 2.29. The van der Waals surface area contributed by atoms with E-state index < -0.39 is 6.04 Å². The Bertz CT molecular complexity index is 817. The zero-order chi connectivity index (χ0) is 21.3. The van der Waals surface area contributed by atoms with E-state index in [4.69, 9.17) is 9.47 Å². The van der Waals surface area contributed by atoms with Gasteiger partial charge in [0.2, 0.25) is 11.8 Å². The molecule has 1 N–H and O–H groups in total. The van der Waals surface area contributed by atoms with E-state index in [1.807, 2.05) is 54.6 Å². The largest absolute Gasteiger partial charge is 0.497 e. The van der Waals surface area contributed by atoms with E-state index in [1.54, 1.807) is 18.9 Å². The summed E-state index contributed by atoms with van der Waals surface area (Å²) in [5.74, 6) is 0.500. The maximum absolute atomic E-state index is 13.1. The zero-order valence-corrected chi connectivity index (χ0v) is 17.7. The van der Waals surface area contributed by atoms with Gasteiger partial charge in [-0.2, -0.15) is 0 Å². The van der Waals surface area contributed by atoms with Gasteiger partial charge in [0.05, 0.1) is 19.6 Å². The predicted molar refractivity (Wildman–Crippen MR) is 115 cm³/mol. The third-order valence-electron chi connectivity index (χ3n) is 5.41. The third kappa shape index (κ3) is 6.07. The average Bonchev–Trinajstić information content (AvgIpc) is 3.30. The molecule has 1 heterocycles. The van der Waals surface area contributed by atoms with Crippen LogP contribution >= 0.6 is 0 Å². The van der Waals surface area contributed by atoms with Crippen molar-refractivity contribution in [1.29, 1.82) is 0 Å². The minimum Gasteiger partial charge on any atom is -0.497 e. The third-order valence-corrected chi connectivity index (χ3v) is 5.41. The Morgan fingerprint density at radius 2 is 1.87 bits per heavy atom. The van der Waals surface area contributed by atoms with Crippen LogP contribution in [0.25, 0.3) is 0 Å². The SMILES string of the molecule is COc1ccc(CN(C(=O)Cc2ccccc2)C(C)C(=O)NCC2CCCO2)cc1. The molecular formula is C24H30N2O4. The number of nitrogens with one attached hydrogen (secondary N) is 1. The molecule has 0 spiro atoms. The van der Waals surface area contributed by atoms with Gasteiger partial charge in [-0.15, -0.1) is 0 Å². The second-order valence-electron chi connectivity index (χ2n) is 7.59. The maximum atomic E-state index is 13.1. The van der Waals surface area contributed by atoms with E-state index in [0.29, 0.717) is 13.1 Å². The molecule has 6 heteroatoms. The molecule has 1 saturated heterocycles. The van der Waals surface area contributed by atoms with E-state index in [-0.39, 0.29) is 24.3 Å². The van der Waals surface area contributed by atoms with E-state index in [9.17, 15) is 9.59 Å². The highest BCUT2D eigenvalue weighted by molar-refractivity contribution is 5.88. The van der Waals surface area contributed by atoms with Crippen LogP contribution in [-0.4, -0.2) is 49.1 Å². The highest BCUT2D eigenvalue weighted by Gasteiger charge is 2.27. The molecule has 0 bridgehead atoms. The molecule has 2 aromatic carbocycles. The Kier molecular flexibility index (Phi) is 7.85. The Morgan fingerprint density at radius 1 is 1.13 bits per heavy atom. The van der Waals surface area contributed by atoms with Crippen molar-refractivity contribution in [2.24, 2.45) is 0 Å². The fraction of sp³-hybridized carbons (Fsp3) is 0.417. The van der Waals surface area contributed by atoms with Gasteiger partial charge in [-0.1, -0.05) is 42.5 Å². The van der Waals surface area contributed by atoms with E-state index in [2.05, 4.69) is 5.32 Å². The summed E-state index contributed by atoms with van der Waals surface area (Å²) < 4.78 is 10.8. The lowest BCUT2D eigenvalue weighted by Crippen LogP contribution is -2.49. The number of rotatable bonds is 9. The second-order valence-corrected chi connectivity index (χ2v) is 7.59. The van der Waals surface area contributed by atoms with Gasteiger partial charge in [-0.3, -0.25) is 9.59 Å². The van der Waals surface area contributed by atoms with Gasteiger partial charge in [0.25, 0.3) is 0 Å². The first kappa shape index (κ1) is 21.8. The van der Waals surface area contributed by atoms with Crippen LogP contribution in [0.15, 0.2) is 54.6 Å². The van der Waals surface area contributed by atoms with Crippen LogP contribution in [0, 0.1) is 0 Å². The molecule has 2 unspecified atom stereocenters. The lowest BCUT2D eigenvalue weighted by atomic mass is 10.1. The van der Waals surface area contributed by atoms with Gasteiger partial charge < -0.3 is 19.7 Å². The highest BCUT2D eigenvalue weighted by Crippen LogP contribution is 2.16. The molecule has 1 aliphatic heterocycles. The van der Waals surface area contributed by atoms with Crippen molar-refractivity contribution in [1.82, 2.24) is 10.2 Å². The number of nitrogens with zero attached hydrogens (tertiary/aromatic N) is 1. The number of ether oxygens (including phenoxy) is 2. The van der Waals surface area contributed by atoms with E-state index >= 15 is 0 Å². The van der Waals surface area contributed by atoms with E-state index in [0.717, 1.165) is 36.3 Å². The van der Waals surface area contributed by atoms with Gasteiger partial charge in [-0.05, 0) is 43.0 Å². The van der Waals surface area contributed by atoms with Crippen molar-refractivity contribution in [2.75, 3.05) is 20.3 Å². The summed E-state index contributed by atoms with van der Waals surface area (Å²) in [4.78, 5) is 27.6. The van der Waals surface area contributed by atoms with Crippen molar-refractivity contribution in [2.45, 2.75) is 44.9 Å². The first-order chi connectivity index (χ1) is 14.6. The van der Waals surface area contributed by atoms with Crippen LogP contribution < -0.4 is 10.1 Å². The molecule has 0 radical (unpaired) electrons. The fourth-order valence-electron chi connectivity index (χ4n) is 3.55. The Morgan fingerprint density at radius 3 is 2.50 bits per heavy atom. The number of benzene rings is 2. The molecule has 160 valence electrons. The monoisotopic (exact) mass is 410 g/mol. The summed E-state index contributed by atoms with van der Waals surface area (Å²) in [5, 5.41) is 2.95. The van der Waals surface area contributed by atoms with Crippen molar-refractivity contribution in [3.63, 3.8) is 0 Å². The lowest BCUT2D eigenvalue weighted by molar-refractivity contribution is -0.140. The molecular weight excluding hydrogens is 380 g/mol. The maximum Gasteiger partial charge on any atom is 0.242 e. The van der Waals surface area contributed by atoms with Gasteiger partial charge in [-0.25, -0.2) is 0 Å². The molecule has 3 rings (SSSR count). The molecule has 0 aliphatic carbocycles. The topological polar surface area (TPSA) is 67.9 Å². The second kappa shape index (κ2) is 10.8. The number of hydrogen-bond donors (Lipinski definition) is 1. The Hall–Kier alpha value is -2.86. The van der Waals surface area contributed by atoms with Crippen LogP contribution in [0.1, 0.15) is 30.9 Å². The fourth-order valence-corrected chi connectivity index (χ4v) is 3.55. The standard InChI is InChI=1S/C24H30N2O4/c1-18(24(28)25-16-22-9-6-14-30-22)26(17-20-10-12-21(29-2)13-11-20)23(27)15-19-7-4-3-5-8-19/h3-5,7-8,10-13,18,22H,6,9,14-17H2,1-2H3,(H,25,28). The van der Waals surface area contributed by atoms with Crippen LogP contribution in [0.5, 0.6) is 5.75 Å². The lowest BCUT2D eigenvalue weighted by Gasteiger charge is -2.29. The number of hydrogen-bond acceptors (Lipinski definition) is 4. The van der Waals surface area contributed by atoms with Crippen molar-refractivity contribution in [3.8, 4) is 5.75 Å². The number of carbonyl (C=O) groups is 2. The summed E-state index contributed by atoms with van der Waals surface area (Å²) in [6.45, 7) is 3.35. The van der Waals surface area contributed by atoms with Gasteiger partial charge in [0.15, 0.2) is 0 Å². The molecule has 2 atom stereocenters. The number of amides is 2. The Labute approximate surface area is 178 Å². The summed E-state index contributed by atoms with van der Waals surface area (Å²) in [7, 11) is 1.62. The molecule has 0 aromatic heterocycles. The van der Waals surface area contributed by atoms with Crippen LogP contribution in [0.4, 0.5) is 0 Å². The quantitative estimate of drug-likeness (QED) is 0.690. The minimum atomic E-state index is -0.593. The van der Waals surface area contributed by atoms with Gasteiger partial charge in [0, 0.05) is 19.7 Å². The molecule has 6 nitrogen and oxygen atoms in total. The smallest absolute Gasteiger partial charge is 0.242 e. The first-order valence-corrected chi connectivity index (χ1v) is 10.4. The molecule has 2 amide bonds. The van der Waals surface area contributed by atoms with Crippen molar-refractivity contribution < 1.29 is 19.1 Å². The van der Waals surface area contributed by atoms with Gasteiger partial charge >= 0.3 is 0 Å². The zero-order valence-electron chi connectivity index (χ0n) is 17.7. The van der Waals surface area contributed by atoms with Crippen LogP contribution in [0.2, 0.25) is 0 Å². The molecule has 2 aromatic rings. The summed E-state index contributed by atoms with van der Waals surface area (Å²) in [5.41, 5.74) is 1.87. The molecule has 30 heavy (non-hydrogen) atoms. The van der Waals surface area contributed by atoms with Gasteiger partial charge in [0.1, 0.15) is 11.8 Å². The normalized spacial score (nSPS) is 16.7. The highest BCUT2D eigenvalue weighted by atomic mass is 16.5. The van der Waals surface area contributed by atoms with E-state index in [1.165, 1.54) is 0 Å². The molecule has 0 saturated carbocycles. The number of carbonyl (C=O) groups excluding carboxylic acids is 2. The Balaban J connectivity index is 1.70. The molecule has 1 fully saturated rings. The summed E-state index contributed by atoms with van der Waals surface area (Å²) >= 11 is 0. The van der Waals surface area contributed by atoms with Crippen molar-refractivity contribution >= 4 is 11.8 Å². The van der Waals surface area contributed by atoms with Crippen molar-refractivity contribution in [3.05, 3.63) is 65.7 Å². The molecule has 1 aliphatic rings. The van der Waals surface area contributed by atoms with Crippen LogP contribution in [0.3, 0.4) is 0 Å². The van der Waals surface area contributed by atoms with Crippen LogP contribution in [-0.2, 0) is 27.3 Å². The first-order valence-electron chi connectivity index (χ1n) is 10.4. The summed E-state index contributed by atoms with van der Waals surface area (Å²) in [6, 6.07) is 16.5. The minimum absolute atomic E-state index is 0.0659. The number of methoxy groups -OCH3 is 1. The predicted octanol–water partition coefficient (Wildman–Crippen LogP) is 2.95.